The number of hydrogen-bond donors (Lipinski definition) is 1. The minimum atomic E-state index is -0.0728. The average molecular weight is 449 g/mol. The highest BCUT2D eigenvalue weighted by atomic mass is 79.9. The first-order valence-corrected chi connectivity index (χ1v) is 9.04. The highest BCUT2D eigenvalue weighted by molar-refractivity contribution is 5.97. The number of nitrogens with one attached hydrogen (secondary N) is 1. The summed E-state index contributed by atoms with van der Waals surface area (Å²) in [7, 11) is 0. The van der Waals surface area contributed by atoms with Gasteiger partial charge in [-0.05, 0) is 12.1 Å². The summed E-state index contributed by atoms with van der Waals surface area (Å²) in [4.78, 5) is 25.4. The van der Waals surface area contributed by atoms with E-state index in [1.54, 1.807) is 33.4 Å². The van der Waals surface area contributed by atoms with E-state index in [-0.39, 0.29) is 47.3 Å². The minimum absolute atomic E-state index is 0. The van der Waals surface area contributed by atoms with Gasteiger partial charge in [-0.2, -0.15) is 0 Å². The summed E-state index contributed by atoms with van der Waals surface area (Å²) < 4.78 is 3.31. The van der Waals surface area contributed by atoms with Crippen LogP contribution in [-0.4, -0.2) is 20.7 Å². The molecule has 0 bridgehead atoms. The van der Waals surface area contributed by atoms with Crippen molar-refractivity contribution in [3.8, 4) is 0 Å². The Bertz CT molecular complexity index is 1120. The summed E-state index contributed by atoms with van der Waals surface area (Å²) in [6.45, 7) is 0.103. The van der Waals surface area contributed by atoms with Gasteiger partial charge < -0.3 is 26.1 Å². The predicted octanol–water partition coefficient (Wildman–Crippen LogP) is 0.692. The Morgan fingerprint density at radius 2 is 0.966 bits per heavy atom. The van der Waals surface area contributed by atoms with E-state index in [4.69, 9.17) is 5.41 Å². The van der Waals surface area contributed by atoms with Crippen LogP contribution in [0.15, 0.2) is 84.9 Å². The van der Waals surface area contributed by atoms with Crippen LogP contribution < -0.4 is 22.6 Å². The van der Waals surface area contributed by atoms with Crippen molar-refractivity contribution in [2.24, 2.45) is 0 Å². The van der Waals surface area contributed by atoms with Crippen LogP contribution in [0.2, 0.25) is 0 Å². The molecule has 0 saturated heterocycles. The van der Waals surface area contributed by atoms with Crippen LogP contribution in [0.4, 0.5) is 0 Å². The number of carbonyl (C=O) groups is 2. The van der Waals surface area contributed by atoms with Gasteiger partial charge in [0.2, 0.25) is 5.62 Å². The lowest BCUT2D eigenvalue weighted by Gasteiger charge is -2.05. The van der Waals surface area contributed by atoms with Crippen molar-refractivity contribution in [3.05, 3.63) is 102 Å². The van der Waals surface area contributed by atoms with Crippen molar-refractivity contribution in [3.63, 3.8) is 0 Å². The molecule has 0 saturated carbocycles. The molecule has 29 heavy (non-hydrogen) atoms. The number of Topliss-reactive ketones (excluding diaryl/α,β-unsaturated/α-hetero) is 2. The number of hydrogen-bond acceptors (Lipinski definition) is 3. The summed E-state index contributed by atoms with van der Waals surface area (Å²) in [6, 6.07) is 25.6. The number of halogens is 1. The van der Waals surface area contributed by atoms with E-state index in [1.165, 1.54) is 0 Å². The number of imidazole rings is 1. The lowest BCUT2D eigenvalue weighted by atomic mass is 10.1. The third-order valence-corrected chi connectivity index (χ3v) is 4.77. The fourth-order valence-corrected chi connectivity index (χ4v) is 3.33. The molecule has 0 unspecified atom stereocenters. The average Bonchev–Trinajstić information content (AvgIpc) is 3.01. The molecule has 146 valence electrons. The van der Waals surface area contributed by atoms with E-state index in [0.717, 1.165) is 11.0 Å². The molecule has 0 aliphatic heterocycles. The second-order valence-electron chi connectivity index (χ2n) is 6.56. The van der Waals surface area contributed by atoms with Gasteiger partial charge in [-0.15, -0.1) is 0 Å². The largest absolute Gasteiger partial charge is 1.00 e. The molecular weight excluding hydrogens is 430 g/mol. The van der Waals surface area contributed by atoms with Gasteiger partial charge in [-0.1, -0.05) is 72.8 Å². The second-order valence-corrected chi connectivity index (χ2v) is 6.56. The van der Waals surface area contributed by atoms with E-state index >= 15 is 0 Å². The molecule has 0 atom stereocenters. The number of ketones is 2. The van der Waals surface area contributed by atoms with E-state index in [9.17, 15) is 9.59 Å². The standard InChI is InChI=1S/C23H19N3O2.BrH/c24-23-25(15-21(27)17-9-3-1-4-10-17)19-13-7-8-14-20(19)26(23)16-22(28)18-11-5-2-6-12-18;/h1-14,24H,15-16H2;1H/p-1. The third-order valence-electron chi connectivity index (χ3n) is 4.77. The molecule has 0 aliphatic carbocycles. The molecule has 0 spiro atoms. The molecule has 4 aromatic rings. The van der Waals surface area contributed by atoms with Crippen LogP contribution in [-0.2, 0) is 13.1 Å². The maximum Gasteiger partial charge on any atom is 0.203 e. The van der Waals surface area contributed by atoms with Gasteiger partial charge in [0.05, 0.1) is 24.1 Å². The molecule has 1 heterocycles. The summed E-state index contributed by atoms with van der Waals surface area (Å²) >= 11 is 0. The minimum Gasteiger partial charge on any atom is -1.00 e. The molecule has 0 radical (unpaired) electrons. The molecule has 5 nitrogen and oxygen atoms in total. The predicted molar refractivity (Wildman–Crippen MR) is 107 cm³/mol. The smallest absolute Gasteiger partial charge is 0.203 e. The highest BCUT2D eigenvalue weighted by Crippen LogP contribution is 2.15. The van der Waals surface area contributed by atoms with Crippen LogP contribution >= 0.6 is 0 Å². The van der Waals surface area contributed by atoms with E-state index in [0.29, 0.717) is 11.1 Å². The Hall–Kier alpha value is -3.25. The Morgan fingerprint density at radius 3 is 1.34 bits per heavy atom. The Labute approximate surface area is 178 Å². The SMILES string of the molecule is N=c1n(CC(=O)c2ccccc2)c2ccccc2n1CC(=O)c1ccccc1.[Br-]. The Balaban J connectivity index is 0.00000240. The quantitative estimate of drug-likeness (QED) is 0.441. The summed E-state index contributed by atoms with van der Waals surface area (Å²) in [5, 5.41) is 8.61. The molecule has 3 aromatic carbocycles. The van der Waals surface area contributed by atoms with Gasteiger partial charge in [0, 0.05) is 11.1 Å². The first-order chi connectivity index (χ1) is 13.6. The second kappa shape index (κ2) is 8.84. The highest BCUT2D eigenvalue weighted by Gasteiger charge is 2.16. The monoisotopic (exact) mass is 448 g/mol. The molecule has 6 heteroatoms. The maximum atomic E-state index is 12.7. The maximum absolute atomic E-state index is 12.7. The van der Waals surface area contributed by atoms with Crippen LogP contribution in [0, 0.1) is 5.41 Å². The summed E-state index contributed by atoms with van der Waals surface area (Å²) in [6.07, 6.45) is 0. The van der Waals surface area contributed by atoms with Crippen LogP contribution in [0.1, 0.15) is 20.7 Å². The number of para-hydroxylation sites is 2. The third kappa shape index (κ3) is 4.12. The molecule has 0 fully saturated rings. The van der Waals surface area contributed by atoms with Crippen molar-refractivity contribution >= 4 is 22.6 Å². The van der Waals surface area contributed by atoms with Crippen molar-refractivity contribution < 1.29 is 26.6 Å². The first kappa shape index (κ1) is 20.5. The number of fused-ring (bicyclic) bond motifs is 1. The molecule has 1 aromatic heterocycles. The van der Waals surface area contributed by atoms with Crippen molar-refractivity contribution in [2.75, 3.05) is 0 Å². The van der Waals surface area contributed by atoms with Crippen molar-refractivity contribution in [2.45, 2.75) is 13.1 Å². The summed E-state index contributed by atoms with van der Waals surface area (Å²) in [5.74, 6) is -0.146. The van der Waals surface area contributed by atoms with E-state index in [1.807, 2.05) is 60.7 Å². The first-order valence-electron chi connectivity index (χ1n) is 9.04. The lowest BCUT2D eigenvalue weighted by Crippen LogP contribution is -3.00. The number of aromatic nitrogens is 2. The molecule has 0 aliphatic rings. The number of rotatable bonds is 6. The fourth-order valence-electron chi connectivity index (χ4n) is 3.33. The lowest BCUT2D eigenvalue weighted by molar-refractivity contribution is -0.0000215. The van der Waals surface area contributed by atoms with Gasteiger partial charge in [-0.3, -0.25) is 15.0 Å². The fraction of sp³-hybridized carbons (Fsp3) is 0.0870. The van der Waals surface area contributed by atoms with Gasteiger partial charge in [-0.25, -0.2) is 0 Å². The molecular formula is C23H19BrN3O2-. The number of benzene rings is 3. The zero-order valence-corrected chi connectivity index (χ0v) is 17.2. The summed E-state index contributed by atoms with van der Waals surface area (Å²) in [5.41, 5.74) is 2.86. The van der Waals surface area contributed by atoms with E-state index in [2.05, 4.69) is 0 Å². The molecule has 0 amide bonds. The van der Waals surface area contributed by atoms with Gasteiger partial charge >= 0.3 is 0 Å². The Kier molecular flexibility index (Phi) is 6.24. The normalized spacial score (nSPS) is 10.5. The number of carbonyl (C=O) groups excluding carboxylic acids is 2. The van der Waals surface area contributed by atoms with Gasteiger partial charge in [0.15, 0.2) is 11.6 Å². The Morgan fingerprint density at radius 1 is 0.621 bits per heavy atom. The van der Waals surface area contributed by atoms with Crippen LogP contribution in [0.25, 0.3) is 11.0 Å². The molecule has 1 N–H and O–H groups in total. The van der Waals surface area contributed by atoms with Gasteiger partial charge in [0.1, 0.15) is 0 Å². The zero-order valence-electron chi connectivity index (χ0n) is 15.6. The van der Waals surface area contributed by atoms with Crippen LogP contribution in [0.5, 0.6) is 0 Å². The topological polar surface area (TPSA) is 67.8 Å². The van der Waals surface area contributed by atoms with E-state index < -0.39 is 0 Å². The number of nitrogens with zero attached hydrogens (tertiary/aromatic N) is 2. The zero-order chi connectivity index (χ0) is 19.5. The van der Waals surface area contributed by atoms with Gasteiger partial charge in [0.25, 0.3) is 0 Å². The van der Waals surface area contributed by atoms with Crippen LogP contribution in [0.3, 0.4) is 0 Å². The van der Waals surface area contributed by atoms with Crippen molar-refractivity contribution in [1.29, 1.82) is 5.41 Å². The van der Waals surface area contributed by atoms with Crippen molar-refractivity contribution in [1.82, 2.24) is 9.13 Å². The molecule has 4 rings (SSSR count).